The van der Waals surface area contributed by atoms with Crippen LogP contribution in [0.3, 0.4) is 0 Å². The summed E-state index contributed by atoms with van der Waals surface area (Å²) in [5.74, 6) is -0.307. The predicted molar refractivity (Wildman–Crippen MR) is 94.4 cm³/mol. The minimum absolute atomic E-state index is 0.172. The predicted octanol–water partition coefficient (Wildman–Crippen LogP) is 1.64. The van der Waals surface area contributed by atoms with Crippen molar-refractivity contribution in [3.8, 4) is 0 Å². The van der Waals surface area contributed by atoms with Crippen molar-refractivity contribution in [1.29, 1.82) is 0 Å². The first-order valence-corrected chi connectivity index (χ1v) is 9.75. The van der Waals surface area contributed by atoms with E-state index in [1.807, 2.05) is 13.8 Å². The van der Waals surface area contributed by atoms with Crippen LogP contribution in [0.4, 0.5) is 0 Å². The summed E-state index contributed by atoms with van der Waals surface area (Å²) >= 11 is 0. The number of rotatable bonds is 5. The van der Waals surface area contributed by atoms with E-state index in [-0.39, 0.29) is 10.8 Å². The molecule has 0 saturated carbocycles. The van der Waals surface area contributed by atoms with E-state index in [1.54, 1.807) is 19.1 Å². The molecule has 1 amide bonds. The summed E-state index contributed by atoms with van der Waals surface area (Å²) in [5.41, 5.74) is 6.20. The van der Waals surface area contributed by atoms with Gasteiger partial charge in [-0.25, -0.2) is 8.42 Å². The highest BCUT2D eigenvalue weighted by molar-refractivity contribution is 7.89. The number of nitrogens with zero attached hydrogens (tertiary/aromatic N) is 1. The molecule has 6 nitrogen and oxygen atoms in total. The van der Waals surface area contributed by atoms with Gasteiger partial charge in [0.1, 0.15) is 0 Å². The van der Waals surface area contributed by atoms with Crippen molar-refractivity contribution in [1.82, 2.24) is 9.62 Å². The van der Waals surface area contributed by atoms with Gasteiger partial charge in [0.15, 0.2) is 0 Å². The summed E-state index contributed by atoms with van der Waals surface area (Å²) in [6.45, 7) is 6.82. The first-order valence-electron chi connectivity index (χ1n) is 8.31. The zero-order valence-corrected chi connectivity index (χ0v) is 15.4. The van der Waals surface area contributed by atoms with Gasteiger partial charge in [0.25, 0.3) is 5.91 Å². The molecule has 0 atom stereocenters. The summed E-state index contributed by atoms with van der Waals surface area (Å²) in [6, 6.07) is 4.73. The van der Waals surface area contributed by atoms with Gasteiger partial charge >= 0.3 is 0 Å². The largest absolute Gasteiger partial charge is 0.346 e. The number of hydrogen-bond donors (Lipinski definition) is 2. The molecule has 24 heavy (non-hydrogen) atoms. The summed E-state index contributed by atoms with van der Waals surface area (Å²) in [6.07, 6.45) is 2.81. The molecule has 1 saturated heterocycles. The average molecular weight is 353 g/mol. The summed E-state index contributed by atoms with van der Waals surface area (Å²) < 4.78 is 27.1. The van der Waals surface area contributed by atoms with E-state index >= 15 is 0 Å². The highest BCUT2D eigenvalue weighted by atomic mass is 32.2. The fraction of sp³-hybridized carbons (Fsp3) is 0.588. The molecule has 7 heteroatoms. The second-order valence-corrected chi connectivity index (χ2v) is 8.92. The SMILES string of the molecule is Cc1ccc(S(=O)(=O)N2CCCCC2)cc1C(=O)NC(C)(C)CN. The molecule has 1 heterocycles. The molecule has 0 bridgehead atoms. The number of nitrogens with one attached hydrogen (secondary N) is 1. The van der Waals surface area contributed by atoms with Crippen molar-refractivity contribution in [2.45, 2.75) is 50.5 Å². The Balaban J connectivity index is 2.32. The van der Waals surface area contributed by atoms with Gasteiger partial charge in [-0.15, -0.1) is 0 Å². The number of nitrogens with two attached hydrogens (primary N) is 1. The van der Waals surface area contributed by atoms with Gasteiger partial charge in [-0.3, -0.25) is 4.79 Å². The van der Waals surface area contributed by atoms with Crippen LogP contribution in [0.2, 0.25) is 0 Å². The van der Waals surface area contributed by atoms with Crippen molar-refractivity contribution in [2.75, 3.05) is 19.6 Å². The van der Waals surface area contributed by atoms with Crippen LogP contribution in [0, 0.1) is 6.92 Å². The minimum Gasteiger partial charge on any atom is -0.346 e. The molecule has 1 aliphatic heterocycles. The Morgan fingerprint density at radius 3 is 2.46 bits per heavy atom. The third-order valence-corrected chi connectivity index (χ3v) is 6.26. The van der Waals surface area contributed by atoms with Gasteiger partial charge < -0.3 is 11.1 Å². The number of carbonyl (C=O) groups excluding carboxylic acids is 1. The van der Waals surface area contributed by atoms with Crippen LogP contribution in [-0.4, -0.2) is 43.8 Å². The van der Waals surface area contributed by atoms with Crippen LogP contribution in [-0.2, 0) is 10.0 Å². The fourth-order valence-electron chi connectivity index (χ4n) is 2.69. The quantitative estimate of drug-likeness (QED) is 0.841. The smallest absolute Gasteiger partial charge is 0.252 e. The molecule has 134 valence electrons. The molecule has 1 aliphatic rings. The Morgan fingerprint density at radius 2 is 1.88 bits per heavy atom. The van der Waals surface area contributed by atoms with Gasteiger partial charge in [0, 0.05) is 30.7 Å². The van der Waals surface area contributed by atoms with Crippen molar-refractivity contribution in [2.24, 2.45) is 5.73 Å². The van der Waals surface area contributed by atoms with Crippen molar-refractivity contribution in [3.05, 3.63) is 29.3 Å². The van der Waals surface area contributed by atoms with Crippen molar-refractivity contribution in [3.63, 3.8) is 0 Å². The number of sulfonamides is 1. The highest BCUT2D eigenvalue weighted by Gasteiger charge is 2.27. The lowest BCUT2D eigenvalue weighted by molar-refractivity contribution is 0.0915. The molecule has 0 aromatic heterocycles. The second-order valence-electron chi connectivity index (χ2n) is 6.98. The fourth-order valence-corrected chi connectivity index (χ4v) is 4.23. The van der Waals surface area contributed by atoms with Crippen LogP contribution in [0.15, 0.2) is 23.1 Å². The summed E-state index contributed by atoms with van der Waals surface area (Å²) in [5, 5.41) is 2.85. The molecule has 0 unspecified atom stereocenters. The molecular formula is C17H27N3O3S. The molecule has 1 aromatic rings. The van der Waals surface area contributed by atoms with Crippen LogP contribution in [0.5, 0.6) is 0 Å². The average Bonchev–Trinajstić information content (AvgIpc) is 2.55. The van der Waals surface area contributed by atoms with Crippen LogP contribution < -0.4 is 11.1 Å². The number of hydrogen-bond acceptors (Lipinski definition) is 4. The van der Waals surface area contributed by atoms with Crippen LogP contribution in [0.1, 0.15) is 49.0 Å². The van der Waals surface area contributed by atoms with Gasteiger partial charge in [-0.2, -0.15) is 4.31 Å². The number of amides is 1. The first kappa shape index (κ1) is 18.9. The zero-order valence-electron chi connectivity index (χ0n) is 14.6. The van der Waals surface area contributed by atoms with E-state index in [2.05, 4.69) is 5.32 Å². The number of piperidine rings is 1. The molecule has 0 spiro atoms. The molecule has 0 radical (unpaired) electrons. The van der Waals surface area contributed by atoms with Gasteiger partial charge in [-0.1, -0.05) is 12.5 Å². The van der Waals surface area contributed by atoms with E-state index in [0.717, 1.165) is 24.8 Å². The van der Waals surface area contributed by atoms with Gasteiger partial charge in [0.2, 0.25) is 10.0 Å². The first-order chi connectivity index (χ1) is 11.2. The maximum atomic E-state index is 12.8. The highest BCUT2D eigenvalue weighted by Crippen LogP contribution is 2.23. The van der Waals surface area contributed by atoms with E-state index in [4.69, 9.17) is 5.73 Å². The molecule has 1 fully saturated rings. The third kappa shape index (κ3) is 4.15. The zero-order chi connectivity index (χ0) is 18.0. The van der Waals surface area contributed by atoms with Crippen LogP contribution >= 0.6 is 0 Å². The lowest BCUT2D eigenvalue weighted by atomic mass is 10.0. The molecule has 1 aromatic carbocycles. The topological polar surface area (TPSA) is 92.5 Å². The molecule has 3 N–H and O–H groups in total. The second kappa shape index (κ2) is 7.21. The Bertz CT molecular complexity index is 708. The maximum absolute atomic E-state index is 12.8. The van der Waals surface area contributed by atoms with E-state index < -0.39 is 15.6 Å². The Kier molecular flexibility index (Phi) is 5.67. The third-order valence-electron chi connectivity index (χ3n) is 4.37. The lowest BCUT2D eigenvalue weighted by Crippen LogP contribution is -2.49. The van der Waals surface area contributed by atoms with E-state index in [0.29, 0.717) is 25.2 Å². The van der Waals surface area contributed by atoms with Gasteiger partial charge in [0.05, 0.1) is 4.90 Å². The number of aryl methyl sites for hydroxylation is 1. The Morgan fingerprint density at radius 1 is 1.25 bits per heavy atom. The monoisotopic (exact) mass is 353 g/mol. The Hall–Kier alpha value is -1.44. The van der Waals surface area contributed by atoms with Gasteiger partial charge in [-0.05, 0) is 51.3 Å². The number of benzene rings is 1. The normalized spacial score (nSPS) is 16.8. The number of carbonyl (C=O) groups is 1. The molecule has 0 aliphatic carbocycles. The van der Waals surface area contributed by atoms with Crippen LogP contribution in [0.25, 0.3) is 0 Å². The summed E-state index contributed by atoms with van der Waals surface area (Å²) in [7, 11) is -3.56. The van der Waals surface area contributed by atoms with E-state index in [9.17, 15) is 13.2 Å². The van der Waals surface area contributed by atoms with E-state index in [1.165, 1.54) is 10.4 Å². The molecular weight excluding hydrogens is 326 g/mol. The summed E-state index contributed by atoms with van der Waals surface area (Å²) in [4.78, 5) is 12.7. The van der Waals surface area contributed by atoms with Crippen molar-refractivity contribution < 1.29 is 13.2 Å². The Labute approximate surface area is 144 Å². The maximum Gasteiger partial charge on any atom is 0.252 e. The standard InChI is InChI=1S/C17H27N3O3S/c1-13-7-8-14(24(22,23)20-9-5-4-6-10-20)11-15(13)16(21)19-17(2,3)12-18/h7-8,11H,4-6,9-10,12,18H2,1-3H3,(H,19,21). The van der Waals surface area contributed by atoms with Crippen molar-refractivity contribution >= 4 is 15.9 Å². The lowest BCUT2D eigenvalue weighted by Gasteiger charge is -2.27. The minimum atomic E-state index is -3.56. The molecule has 2 rings (SSSR count).